The predicted octanol–water partition coefficient (Wildman–Crippen LogP) is 1.61. The molecule has 2 rings (SSSR count). The van der Waals surface area contributed by atoms with Crippen molar-refractivity contribution in [1.82, 2.24) is 0 Å². The van der Waals surface area contributed by atoms with Crippen LogP contribution in [0.4, 0.5) is 0 Å². The van der Waals surface area contributed by atoms with Gasteiger partial charge in [0.15, 0.2) is 10.9 Å². The fourth-order valence-electron chi connectivity index (χ4n) is 2.58. The summed E-state index contributed by atoms with van der Waals surface area (Å²) in [6.45, 7) is 3.05. The van der Waals surface area contributed by atoms with Crippen molar-refractivity contribution in [3.05, 3.63) is 59.7 Å². The summed E-state index contributed by atoms with van der Waals surface area (Å²) in [6.07, 6.45) is 0.328. The van der Waals surface area contributed by atoms with E-state index in [1.54, 1.807) is 24.3 Å². The molecule has 2 atom stereocenters. The van der Waals surface area contributed by atoms with E-state index < -0.39 is 43.8 Å². The Morgan fingerprint density at radius 2 is 1.00 bits per heavy atom. The first-order valence-corrected chi connectivity index (χ1v) is 12.8. The topological polar surface area (TPSA) is 127 Å². The highest BCUT2D eigenvalue weighted by Gasteiger charge is 2.26. The molecule has 10 heteroatoms. The van der Waals surface area contributed by atoms with Gasteiger partial charge in [0, 0.05) is 13.2 Å². The first-order chi connectivity index (χ1) is 14.5. The average molecular weight is 473 g/mol. The van der Waals surface area contributed by atoms with Crippen molar-refractivity contribution in [3.63, 3.8) is 0 Å². The summed E-state index contributed by atoms with van der Waals surface area (Å²) in [5, 5.41) is 19.9. The lowest BCUT2D eigenvalue weighted by molar-refractivity contribution is 0.0376. The number of aliphatic hydroxyl groups is 2. The maximum absolute atomic E-state index is 12.3. The Morgan fingerprint density at radius 1 is 0.677 bits per heavy atom. The van der Waals surface area contributed by atoms with Gasteiger partial charge in [0.25, 0.3) is 0 Å². The van der Waals surface area contributed by atoms with E-state index in [-0.39, 0.29) is 23.0 Å². The molecule has 2 aromatic rings. The van der Waals surface area contributed by atoms with Gasteiger partial charge in [0.1, 0.15) is 0 Å². The second-order valence-electron chi connectivity index (χ2n) is 7.13. The Morgan fingerprint density at radius 3 is 1.32 bits per heavy atom. The molecule has 0 saturated carbocycles. The Labute approximate surface area is 183 Å². The molecule has 0 spiro atoms. The van der Waals surface area contributed by atoms with E-state index in [0.717, 1.165) is 11.1 Å². The molecular formula is C21H28O8S2. The van der Waals surface area contributed by atoms with Crippen molar-refractivity contribution in [1.29, 1.82) is 0 Å². The summed E-state index contributed by atoms with van der Waals surface area (Å²) in [5.41, 5.74) is -1.59. The van der Waals surface area contributed by atoms with E-state index in [2.05, 4.69) is 0 Å². The molecule has 0 saturated heterocycles. The van der Waals surface area contributed by atoms with Crippen LogP contribution >= 0.6 is 0 Å². The van der Waals surface area contributed by atoms with E-state index in [1.165, 1.54) is 24.3 Å². The number of hydrogen-bond acceptors (Lipinski definition) is 8. The molecule has 2 unspecified atom stereocenters. The zero-order valence-corrected chi connectivity index (χ0v) is 19.1. The maximum Gasteiger partial charge on any atom is 0.207 e. The van der Waals surface area contributed by atoms with Crippen molar-refractivity contribution >= 4 is 19.7 Å². The van der Waals surface area contributed by atoms with Crippen LogP contribution in [0.3, 0.4) is 0 Å². The lowest BCUT2D eigenvalue weighted by Gasteiger charge is -2.14. The van der Waals surface area contributed by atoms with E-state index in [4.69, 9.17) is 9.47 Å². The van der Waals surface area contributed by atoms with Crippen LogP contribution in [-0.2, 0) is 29.1 Å². The van der Waals surface area contributed by atoms with Gasteiger partial charge in [-0.05, 0) is 44.5 Å². The van der Waals surface area contributed by atoms with Gasteiger partial charge in [-0.2, -0.15) is 0 Å². The van der Waals surface area contributed by atoms with Crippen LogP contribution in [0.1, 0.15) is 17.5 Å². The van der Waals surface area contributed by atoms with Crippen LogP contribution in [0.25, 0.3) is 0 Å². The van der Waals surface area contributed by atoms with Gasteiger partial charge in [0.05, 0.1) is 23.0 Å². The molecule has 2 aromatic carbocycles. The normalized spacial score (nSPS) is 14.3. The monoisotopic (exact) mass is 472 g/mol. The van der Waals surface area contributed by atoms with E-state index in [1.807, 2.05) is 13.8 Å². The highest BCUT2D eigenvalue weighted by Crippen LogP contribution is 2.17. The largest absolute Gasteiger partial charge is 0.378 e. The van der Waals surface area contributed by atoms with Gasteiger partial charge in [-0.15, -0.1) is 0 Å². The van der Waals surface area contributed by atoms with Crippen molar-refractivity contribution < 1.29 is 36.5 Å². The fraction of sp³-hybridized carbons (Fsp3) is 0.429. The number of aliphatic hydroxyl groups excluding tert-OH is 2. The first-order valence-electron chi connectivity index (χ1n) is 9.68. The molecule has 31 heavy (non-hydrogen) atoms. The molecule has 172 valence electrons. The molecule has 8 nitrogen and oxygen atoms in total. The Balaban J connectivity index is 1.69. The van der Waals surface area contributed by atoms with Crippen LogP contribution in [0.2, 0.25) is 0 Å². The van der Waals surface area contributed by atoms with E-state index in [9.17, 15) is 27.0 Å². The van der Waals surface area contributed by atoms with Gasteiger partial charge < -0.3 is 19.7 Å². The minimum Gasteiger partial charge on any atom is -0.378 e. The third-order valence-electron chi connectivity index (χ3n) is 4.51. The van der Waals surface area contributed by atoms with Crippen LogP contribution in [0, 0.1) is 13.8 Å². The quantitative estimate of drug-likeness (QED) is 0.446. The van der Waals surface area contributed by atoms with Crippen LogP contribution < -0.4 is 0 Å². The summed E-state index contributed by atoms with van der Waals surface area (Å²) in [5.74, 6) is 0. The Hall–Kier alpha value is -1.82. The second-order valence-corrected chi connectivity index (χ2v) is 11.3. The number of sulfone groups is 2. The minimum atomic E-state index is -3.91. The third-order valence-corrected chi connectivity index (χ3v) is 8.08. The predicted molar refractivity (Wildman–Crippen MR) is 115 cm³/mol. The second kappa shape index (κ2) is 11.2. The van der Waals surface area contributed by atoms with Gasteiger partial charge in [-0.3, -0.25) is 0 Å². The smallest absolute Gasteiger partial charge is 0.207 e. The SMILES string of the molecule is Cc1ccc(S(=O)(=O)C(O)COCCCOCC(O)S(=O)(=O)c2ccc(C)cc2)cc1. The van der Waals surface area contributed by atoms with Crippen molar-refractivity contribution in [2.75, 3.05) is 26.4 Å². The van der Waals surface area contributed by atoms with Crippen LogP contribution in [0.5, 0.6) is 0 Å². The van der Waals surface area contributed by atoms with Crippen molar-refractivity contribution in [3.8, 4) is 0 Å². The van der Waals surface area contributed by atoms with Crippen LogP contribution in [-0.4, -0.2) is 64.3 Å². The van der Waals surface area contributed by atoms with E-state index >= 15 is 0 Å². The van der Waals surface area contributed by atoms with Crippen LogP contribution in [0.15, 0.2) is 58.3 Å². The summed E-state index contributed by atoms with van der Waals surface area (Å²) in [4.78, 5) is 0.0302. The number of ether oxygens (including phenoxy) is 2. The highest BCUT2D eigenvalue weighted by molar-refractivity contribution is 7.92. The summed E-state index contributed by atoms with van der Waals surface area (Å²) in [7, 11) is -7.82. The molecule has 0 aliphatic carbocycles. The van der Waals surface area contributed by atoms with Crippen molar-refractivity contribution in [2.24, 2.45) is 0 Å². The molecule has 0 fully saturated rings. The Kier molecular flexibility index (Phi) is 9.16. The molecule has 2 N–H and O–H groups in total. The summed E-state index contributed by atoms with van der Waals surface area (Å²) < 4.78 is 59.5. The number of aryl methyl sites for hydroxylation is 2. The molecule has 0 amide bonds. The highest BCUT2D eigenvalue weighted by atomic mass is 32.2. The zero-order valence-electron chi connectivity index (χ0n) is 17.5. The summed E-state index contributed by atoms with van der Waals surface area (Å²) >= 11 is 0. The number of hydrogen-bond donors (Lipinski definition) is 2. The number of rotatable bonds is 12. The molecular weight excluding hydrogens is 444 g/mol. The molecule has 0 heterocycles. The summed E-state index contributed by atoms with van der Waals surface area (Å²) in [6, 6.07) is 12.3. The van der Waals surface area contributed by atoms with Gasteiger partial charge in [0.2, 0.25) is 19.7 Å². The Bertz CT molecular complexity index is 944. The lowest BCUT2D eigenvalue weighted by atomic mass is 10.2. The van der Waals surface area contributed by atoms with Gasteiger partial charge in [-0.1, -0.05) is 35.4 Å². The molecule has 0 aliphatic heterocycles. The maximum atomic E-state index is 12.3. The van der Waals surface area contributed by atoms with E-state index in [0.29, 0.717) is 6.42 Å². The molecule has 0 aliphatic rings. The number of benzene rings is 2. The zero-order chi connectivity index (χ0) is 23.1. The standard InChI is InChI=1S/C21H28O8S2/c1-16-4-8-18(9-5-16)30(24,25)20(22)14-28-12-3-13-29-15-21(23)31(26,27)19-10-6-17(2)7-11-19/h4-11,20-23H,3,12-15H2,1-2H3. The average Bonchev–Trinajstić information content (AvgIpc) is 2.73. The fourth-order valence-corrected chi connectivity index (χ4v) is 4.79. The molecule has 0 radical (unpaired) electrons. The minimum absolute atomic E-state index is 0.0151. The molecule has 0 aromatic heterocycles. The van der Waals surface area contributed by atoms with Gasteiger partial charge in [-0.25, -0.2) is 16.8 Å². The molecule has 0 bridgehead atoms. The van der Waals surface area contributed by atoms with Crippen molar-refractivity contribution in [2.45, 2.75) is 40.9 Å². The lowest BCUT2D eigenvalue weighted by Crippen LogP contribution is -2.27. The first kappa shape index (κ1) is 25.4. The third kappa shape index (κ3) is 7.09. The van der Waals surface area contributed by atoms with Gasteiger partial charge >= 0.3 is 0 Å².